The number of esters is 2. The lowest BCUT2D eigenvalue weighted by atomic mass is 10.0. The molecule has 1 N–H and O–H groups in total. The van der Waals surface area contributed by atoms with Crippen molar-refractivity contribution < 1.29 is 33.6 Å². The van der Waals surface area contributed by atoms with E-state index in [1.165, 1.54) is 6.92 Å². The second-order valence-electron chi connectivity index (χ2n) is 6.67. The minimum absolute atomic E-state index is 0.0274. The van der Waals surface area contributed by atoms with Crippen LogP contribution < -0.4 is 0 Å². The summed E-state index contributed by atoms with van der Waals surface area (Å²) in [6.45, 7) is 4.75. The highest BCUT2D eigenvalue weighted by molar-refractivity contribution is 8.00. The zero-order chi connectivity index (χ0) is 18.9. The summed E-state index contributed by atoms with van der Waals surface area (Å²) in [6, 6.07) is 8.60. The van der Waals surface area contributed by atoms with Gasteiger partial charge in [0.2, 0.25) is 0 Å². The molecule has 0 aliphatic carbocycles. The third-order valence-corrected chi connectivity index (χ3v) is 5.44. The van der Waals surface area contributed by atoms with Gasteiger partial charge in [-0.25, -0.2) is 4.79 Å². The lowest BCUT2D eigenvalue weighted by Crippen LogP contribution is -2.54. The van der Waals surface area contributed by atoms with E-state index in [0.29, 0.717) is 5.56 Å². The predicted molar refractivity (Wildman–Crippen MR) is 93.5 cm³/mol. The molecule has 0 aromatic heterocycles. The van der Waals surface area contributed by atoms with E-state index in [0.717, 1.165) is 11.8 Å². The van der Waals surface area contributed by atoms with Crippen LogP contribution >= 0.6 is 11.8 Å². The summed E-state index contributed by atoms with van der Waals surface area (Å²) < 4.78 is 22.4. The van der Waals surface area contributed by atoms with Crippen LogP contribution in [0.3, 0.4) is 0 Å². The van der Waals surface area contributed by atoms with Crippen LogP contribution in [-0.2, 0) is 23.7 Å². The molecule has 26 heavy (non-hydrogen) atoms. The molecule has 2 heterocycles. The maximum absolute atomic E-state index is 12.2. The minimum Gasteiger partial charge on any atom is -0.461 e. The first-order valence-corrected chi connectivity index (χ1v) is 9.30. The van der Waals surface area contributed by atoms with E-state index < -0.39 is 46.7 Å². The van der Waals surface area contributed by atoms with E-state index >= 15 is 0 Å². The second-order valence-corrected chi connectivity index (χ2v) is 8.03. The maximum Gasteiger partial charge on any atom is 0.338 e. The molecule has 7 nitrogen and oxygen atoms in total. The van der Waals surface area contributed by atoms with Gasteiger partial charge in [0.25, 0.3) is 0 Å². The number of carbonyl (C=O) groups is 2. The van der Waals surface area contributed by atoms with Crippen LogP contribution in [0, 0.1) is 0 Å². The van der Waals surface area contributed by atoms with E-state index in [1.807, 2.05) is 0 Å². The molecular formula is C18H22O7S. The number of fused-ring (bicyclic) bond motifs is 1. The normalized spacial score (nSPS) is 32.5. The lowest BCUT2D eigenvalue weighted by Gasteiger charge is -2.38. The summed E-state index contributed by atoms with van der Waals surface area (Å²) in [4.78, 5) is 23.7. The molecule has 0 amide bonds. The van der Waals surface area contributed by atoms with Crippen LogP contribution in [0.4, 0.5) is 0 Å². The van der Waals surface area contributed by atoms with Gasteiger partial charge in [-0.2, -0.15) is 0 Å². The molecule has 0 bridgehead atoms. The average molecular weight is 382 g/mol. The SMILES string of the molecule is CC(=O)O[C@H]1[C@@H]2OC(C)(C)O[C@H]2[C@@H](O)S[C@@H]1COC(=O)c1ccccc1. The molecule has 0 radical (unpaired) electrons. The fourth-order valence-electron chi connectivity index (χ4n) is 3.12. The van der Waals surface area contributed by atoms with Crippen molar-refractivity contribution in [2.24, 2.45) is 0 Å². The van der Waals surface area contributed by atoms with Crippen molar-refractivity contribution >= 4 is 23.7 Å². The summed E-state index contributed by atoms with van der Waals surface area (Å²) in [7, 11) is 0. The topological polar surface area (TPSA) is 91.3 Å². The van der Waals surface area contributed by atoms with Crippen molar-refractivity contribution in [3.63, 3.8) is 0 Å². The van der Waals surface area contributed by atoms with Gasteiger partial charge in [-0.3, -0.25) is 4.79 Å². The fourth-order valence-corrected chi connectivity index (χ4v) is 4.36. The molecular weight excluding hydrogens is 360 g/mol. The second kappa shape index (κ2) is 7.56. The van der Waals surface area contributed by atoms with Crippen molar-refractivity contribution in [1.29, 1.82) is 0 Å². The molecule has 0 saturated carbocycles. The first-order valence-electron chi connectivity index (χ1n) is 8.35. The van der Waals surface area contributed by atoms with E-state index in [4.69, 9.17) is 18.9 Å². The highest BCUT2D eigenvalue weighted by atomic mass is 32.2. The van der Waals surface area contributed by atoms with Gasteiger partial charge in [-0.15, -0.1) is 11.8 Å². The monoisotopic (exact) mass is 382 g/mol. The van der Waals surface area contributed by atoms with Crippen LogP contribution in [0.15, 0.2) is 30.3 Å². The Bertz CT molecular complexity index is 663. The summed E-state index contributed by atoms with van der Waals surface area (Å²) >= 11 is 1.15. The van der Waals surface area contributed by atoms with Gasteiger partial charge >= 0.3 is 11.9 Å². The fraction of sp³-hybridized carbons (Fsp3) is 0.556. The Hall–Kier alpha value is -1.61. The number of ether oxygens (including phenoxy) is 4. The quantitative estimate of drug-likeness (QED) is 0.788. The molecule has 2 saturated heterocycles. The van der Waals surface area contributed by atoms with Crippen molar-refractivity contribution in [2.45, 2.75) is 55.6 Å². The molecule has 2 fully saturated rings. The first-order chi connectivity index (χ1) is 12.3. The number of rotatable bonds is 4. The van der Waals surface area contributed by atoms with E-state index in [1.54, 1.807) is 44.2 Å². The molecule has 5 atom stereocenters. The molecule has 0 spiro atoms. The number of benzene rings is 1. The Labute approximate surface area is 155 Å². The zero-order valence-corrected chi connectivity index (χ0v) is 15.6. The number of thioether (sulfide) groups is 1. The summed E-state index contributed by atoms with van der Waals surface area (Å²) in [5.41, 5.74) is -0.452. The van der Waals surface area contributed by atoms with Crippen molar-refractivity contribution in [1.82, 2.24) is 0 Å². The minimum atomic E-state index is -0.898. The van der Waals surface area contributed by atoms with Gasteiger partial charge in [0.15, 0.2) is 5.79 Å². The summed E-state index contributed by atoms with van der Waals surface area (Å²) in [5, 5.41) is 9.92. The van der Waals surface area contributed by atoms with E-state index in [-0.39, 0.29) is 6.61 Å². The predicted octanol–water partition coefficient (Wildman–Crippen LogP) is 1.73. The smallest absolute Gasteiger partial charge is 0.338 e. The van der Waals surface area contributed by atoms with Gasteiger partial charge in [0.05, 0.1) is 10.8 Å². The molecule has 3 rings (SSSR count). The van der Waals surface area contributed by atoms with Crippen LogP contribution in [0.25, 0.3) is 0 Å². The van der Waals surface area contributed by atoms with E-state index in [9.17, 15) is 14.7 Å². The van der Waals surface area contributed by atoms with Crippen molar-refractivity contribution in [3.05, 3.63) is 35.9 Å². The first kappa shape index (κ1) is 19.2. The van der Waals surface area contributed by atoms with Crippen LogP contribution in [0.5, 0.6) is 0 Å². The summed E-state index contributed by atoms with van der Waals surface area (Å²) in [6.07, 6.45) is -1.96. The Kier molecular flexibility index (Phi) is 5.57. The summed E-state index contributed by atoms with van der Waals surface area (Å²) in [5.74, 6) is -1.85. The Morgan fingerprint density at radius 1 is 1.19 bits per heavy atom. The lowest BCUT2D eigenvalue weighted by molar-refractivity contribution is -0.170. The van der Waals surface area contributed by atoms with Crippen LogP contribution in [-0.4, -0.2) is 58.4 Å². The molecule has 142 valence electrons. The standard InChI is InChI=1S/C18H22O7S/c1-10(19)23-13-12(9-22-16(20)11-7-5-4-6-8-11)26-17(21)15-14(13)24-18(2,3)25-15/h4-8,12-15,17,21H,9H2,1-3H3/t12-,13-,14+,15-,17+/m1/s1. The third-order valence-electron chi connectivity index (χ3n) is 4.14. The van der Waals surface area contributed by atoms with Gasteiger partial charge in [-0.05, 0) is 26.0 Å². The third kappa shape index (κ3) is 4.20. The van der Waals surface area contributed by atoms with Crippen LogP contribution in [0.2, 0.25) is 0 Å². The molecule has 2 aliphatic heterocycles. The highest BCUT2D eigenvalue weighted by Crippen LogP contribution is 2.43. The van der Waals surface area contributed by atoms with Gasteiger partial charge in [0.1, 0.15) is 30.4 Å². The van der Waals surface area contributed by atoms with Crippen molar-refractivity contribution in [3.8, 4) is 0 Å². The maximum atomic E-state index is 12.2. The molecule has 0 unspecified atom stereocenters. The molecule has 1 aromatic rings. The number of hydrogen-bond donors (Lipinski definition) is 1. The van der Waals surface area contributed by atoms with E-state index in [2.05, 4.69) is 0 Å². The Morgan fingerprint density at radius 2 is 1.85 bits per heavy atom. The molecule has 1 aromatic carbocycles. The number of aliphatic hydroxyl groups excluding tert-OH is 1. The Morgan fingerprint density at radius 3 is 2.50 bits per heavy atom. The number of carbonyl (C=O) groups excluding carboxylic acids is 2. The van der Waals surface area contributed by atoms with Gasteiger partial charge < -0.3 is 24.1 Å². The molecule has 8 heteroatoms. The average Bonchev–Trinajstić information content (AvgIpc) is 2.92. The Balaban J connectivity index is 1.72. The zero-order valence-electron chi connectivity index (χ0n) is 14.8. The largest absolute Gasteiger partial charge is 0.461 e. The van der Waals surface area contributed by atoms with Crippen molar-refractivity contribution in [2.75, 3.05) is 6.61 Å². The van der Waals surface area contributed by atoms with Gasteiger partial charge in [-0.1, -0.05) is 18.2 Å². The van der Waals surface area contributed by atoms with Gasteiger partial charge in [0, 0.05) is 6.92 Å². The number of hydrogen-bond acceptors (Lipinski definition) is 8. The highest BCUT2D eigenvalue weighted by Gasteiger charge is 2.56. The number of aliphatic hydroxyl groups is 1. The van der Waals surface area contributed by atoms with Crippen LogP contribution in [0.1, 0.15) is 31.1 Å². The molecule has 2 aliphatic rings.